The Morgan fingerprint density at radius 2 is 2.14 bits per heavy atom. The van der Waals surface area contributed by atoms with Crippen LogP contribution >= 0.6 is 0 Å². The molecular weight excluding hydrogens is 310 g/mol. The molecule has 1 atom stereocenters. The van der Waals surface area contributed by atoms with Gasteiger partial charge in [-0.1, -0.05) is 0 Å². The molecule has 0 spiro atoms. The van der Waals surface area contributed by atoms with Crippen LogP contribution in [0.1, 0.15) is 6.42 Å². The van der Waals surface area contributed by atoms with E-state index in [1.807, 2.05) is 0 Å². The molecule has 0 radical (unpaired) electrons. The Morgan fingerprint density at radius 3 is 2.57 bits per heavy atom. The monoisotopic (exact) mass is 322 g/mol. The number of alkyl halides is 2. The van der Waals surface area contributed by atoms with Crippen LogP contribution < -0.4 is 4.74 Å². The topological polar surface area (TPSA) is 89.8 Å². The van der Waals surface area contributed by atoms with E-state index in [4.69, 9.17) is 4.74 Å². The molecule has 0 aromatic heterocycles. The zero-order valence-corrected chi connectivity index (χ0v) is 11.7. The highest BCUT2D eigenvalue weighted by Crippen LogP contribution is 2.34. The molecule has 1 aliphatic rings. The molecule has 0 unspecified atom stereocenters. The third-order valence-electron chi connectivity index (χ3n) is 3.26. The van der Waals surface area contributed by atoms with Crippen molar-refractivity contribution in [1.29, 1.82) is 0 Å². The van der Waals surface area contributed by atoms with E-state index in [1.165, 1.54) is 7.11 Å². The van der Waals surface area contributed by atoms with Crippen molar-refractivity contribution in [1.82, 2.24) is 4.31 Å². The first-order chi connectivity index (χ1) is 9.78. The molecule has 1 aliphatic heterocycles. The van der Waals surface area contributed by atoms with Crippen molar-refractivity contribution in [3.8, 4) is 5.75 Å². The number of sulfonamides is 1. The first kappa shape index (κ1) is 15.6. The van der Waals surface area contributed by atoms with Gasteiger partial charge in [0, 0.05) is 12.6 Å². The van der Waals surface area contributed by atoms with Gasteiger partial charge in [0.1, 0.15) is 0 Å². The number of benzene rings is 1. The van der Waals surface area contributed by atoms with Gasteiger partial charge < -0.3 is 4.74 Å². The Bertz CT molecular complexity index is 665. The normalized spacial score (nSPS) is 19.3. The number of rotatable bonds is 5. The minimum atomic E-state index is -4.18. The fourth-order valence-electron chi connectivity index (χ4n) is 2.04. The van der Waals surface area contributed by atoms with Crippen molar-refractivity contribution >= 4 is 15.7 Å². The van der Waals surface area contributed by atoms with Gasteiger partial charge in [0.2, 0.25) is 10.0 Å². The van der Waals surface area contributed by atoms with Gasteiger partial charge in [-0.3, -0.25) is 10.1 Å². The number of hydrogen-bond donors (Lipinski definition) is 0. The predicted octanol–water partition coefficient (Wildman–Crippen LogP) is 1.63. The fraction of sp³-hybridized carbons (Fsp3) is 0.455. The third kappa shape index (κ3) is 2.68. The average Bonchev–Trinajstić information content (AvgIpc) is 2.35. The fourth-order valence-corrected chi connectivity index (χ4v) is 3.71. The van der Waals surface area contributed by atoms with Crippen molar-refractivity contribution in [2.24, 2.45) is 0 Å². The van der Waals surface area contributed by atoms with E-state index in [9.17, 15) is 27.3 Å². The number of nitrogens with zero attached hydrogens (tertiary/aromatic N) is 2. The standard InChI is InChI=1S/C11H12F2N2O5S/c1-20-10-3-2-7(6-9(10)15(16)17)21(18,19)14-5-4-8(14)11(12)13/h2-3,6,8,11H,4-5H2,1H3/t8-/m0/s1. The second-order valence-electron chi connectivity index (χ2n) is 4.40. The summed E-state index contributed by atoms with van der Waals surface area (Å²) in [4.78, 5) is 9.69. The van der Waals surface area contributed by atoms with Gasteiger partial charge in [-0.25, -0.2) is 17.2 Å². The Hall–Kier alpha value is -1.81. The van der Waals surface area contributed by atoms with E-state index in [0.29, 0.717) is 4.31 Å². The second kappa shape index (κ2) is 5.53. The summed E-state index contributed by atoms with van der Waals surface area (Å²) in [6.07, 6.45) is -2.73. The van der Waals surface area contributed by atoms with Gasteiger partial charge in [-0.05, 0) is 18.6 Å². The number of methoxy groups -OCH3 is 1. The van der Waals surface area contributed by atoms with Gasteiger partial charge in [-0.2, -0.15) is 4.31 Å². The number of nitro groups is 1. The maximum absolute atomic E-state index is 12.7. The highest BCUT2D eigenvalue weighted by atomic mass is 32.2. The summed E-state index contributed by atoms with van der Waals surface area (Å²) >= 11 is 0. The van der Waals surface area contributed by atoms with Crippen LogP contribution in [0.15, 0.2) is 23.1 Å². The summed E-state index contributed by atoms with van der Waals surface area (Å²) in [6.45, 7) is -0.0306. The maximum Gasteiger partial charge on any atom is 0.312 e. The molecule has 0 saturated carbocycles. The number of nitro benzene ring substituents is 1. The Labute approximate surface area is 119 Å². The van der Waals surface area contributed by atoms with Crippen LogP contribution in [-0.2, 0) is 10.0 Å². The van der Waals surface area contributed by atoms with Gasteiger partial charge in [0.15, 0.2) is 5.75 Å². The molecule has 1 aromatic carbocycles. The molecular formula is C11H12F2N2O5S. The molecule has 0 N–H and O–H groups in total. The number of ether oxygens (including phenoxy) is 1. The van der Waals surface area contributed by atoms with Crippen LogP contribution in [0.2, 0.25) is 0 Å². The minimum Gasteiger partial charge on any atom is -0.490 e. The Kier molecular flexibility index (Phi) is 4.10. The van der Waals surface area contributed by atoms with Crippen molar-refractivity contribution < 1.29 is 26.9 Å². The molecule has 10 heteroatoms. The largest absolute Gasteiger partial charge is 0.490 e. The Balaban J connectivity index is 2.42. The smallest absolute Gasteiger partial charge is 0.312 e. The highest BCUT2D eigenvalue weighted by molar-refractivity contribution is 7.89. The summed E-state index contributed by atoms with van der Waals surface area (Å²) in [5, 5.41) is 10.9. The van der Waals surface area contributed by atoms with Crippen LogP contribution in [-0.4, -0.2) is 43.8 Å². The van der Waals surface area contributed by atoms with E-state index in [2.05, 4.69) is 0 Å². The highest BCUT2D eigenvalue weighted by Gasteiger charge is 2.44. The van der Waals surface area contributed by atoms with E-state index >= 15 is 0 Å². The first-order valence-electron chi connectivity index (χ1n) is 5.91. The van der Waals surface area contributed by atoms with E-state index in [0.717, 1.165) is 18.2 Å². The molecule has 2 rings (SSSR count). The molecule has 1 fully saturated rings. The lowest BCUT2D eigenvalue weighted by Gasteiger charge is -2.38. The molecule has 21 heavy (non-hydrogen) atoms. The van der Waals surface area contributed by atoms with Gasteiger partial charge >= 0.3 is 5.69 Å². The van der Waals surface area contributed by atoms with Crippen molar-refractivity contribution in [2.45, 2.75) is 23.8 Å². The van der Waals surface area contributed by atoms with E-state index in [1.54, 1.807) is 0 Å². The van der Waals surface area contributed by atoms with Crippen LogP contribution in [0.25, 0.3) is 0 Å². The van der Waals surface area contributed by atoms with E-state index < -0.39 is 38.0 Å². The van der Waals surface area contributed by atoms with E-state index in [-0.39, 0.29) is 18.7 Å². The van der Waals surface area contributed by atoms with Gasteiger partial charge in [0.25, 0.3) is 6.43 Å². The maximum atomic E-state index is 12.7. The summed E-state index contributed by atoms with van der Waals surface area (Å²) < 4.78 is 55.2. The molecule has 116 valence electrons. The third-order valence-corrected chi connectivity index (χ3v) is 5.18. The minimum absolute atomic E-state index is 0.0306. The number of halogens is 2. The second-order valence-corrected chi connectivity index (χ2v) is 6.29. The SMILES string of the molecule is COc1ccc(S(=O)(=O)N2CC[C@H]2C(F)F)cc1[N+](=O)[O-]. The van der Waals surface area contributed by atoms with Gasteiger partial charge in [0.05, 0.1) is 23.0 Å². The first-order valence-corrected chi connectivity index (χ1v) is 7.35. The van der Waals surface area contributed by atoms with Crippen LogP contribution in [0, 0.1) is 10.1 Å². The molecule has 1 aromatic rings. The lowest BCUT2D eigenvalue weighted by Crippen LogP contribution is -2.54. The van der Waals surface area contributed by atoms with Crippen molar-refractivity contribution in [2.75, 3.05) is 13.7 Å². The molecule has 0 amide bonds. The molecule has 0 aliphatic carbocycles. The van der Waals surface area contributed by atoms with Gasteiger partial charge in [-0.15, -0.1) is 0 Å². The lowest BCUT2D eigenvalue weighted by atomic mass is 10.1. The molecule has 1 saturated heterocycles. The van der Waals surface area contributed by atoms with Crippen LogP contribution in [0.3, 0.4) is 0 Å². The predicted molar refractivity (Wildman–Crippen MR) is 67.9 cm³/mol. The summed E-state index contributed by atoms with van der Waals surface area (Å²) in [5.74, 6) is -0.104. The van der Waals surface area contributed by atoms with Crippen LogP contribution in [0.4, 0.5) is 14.5 Å². The zero-order chi connectivity index (χ0) is 15.8. The van der Waals surface area contributed by atoms with Crippen molar-refractivity contribution in [3.63, 3.8) is 0 Å². The molecule has 0 bridgehead atoms. The Morgan fingerprint density at radius 1 is 1.48 bits per heavy atom. The average molecular weight is 322 g/mol. The zero-order valence-electron chi connectivity index (χ0n) is 10.9. The molecule has 7 nitrogen and oxygen atoms in total. The van der Waals surface area contributed by atoms with Crippen molar-refractivity contribution in [3.05, 3.63) is 28.3 Å². The lowest BCUT2D eigenvalue weighted by molar-refractivity contribution is -0.386. The quantitative estimate of drug-likeness (QED) is 0.607. The summed E-state index contributed by atoms with van der Waals surface area (Å²) in [7, 11) is -2.98. The summed E-state index contributed by atoms with van der Waals surface area (Å²) in [5.41, 5.74) is -0.535. The summed E-state index contributed by atoms with van der Waals surface area (Å²) in [6, 6.07) is 1.66. The van der Waals surface area contributed by atoms with Crippen LogP contribution in [0.5, 0.6) is 5.75 Å². The molecule has 1 heterocycles. The number of hydrogen-bond acceptors (Lipinski definition) is 5.